The van der Waals surface area contributed by atoms with Gasteiger partial charge < -0.3 is 9.64 Å². The van der Waals surface area contributed by atoms with E-state index in [0.717, 1.165) is 25.9 Å². The van der Waals surface area contributed by atoms with Crippen LogP contribution in [0.5, 0.6) is 0 Å². The summed E-state index contributed by atoms with van der Waals surface area (Å²) in [5.41, 5.74) is -0.442. The molecular formula is C16H30N2O2. The zero-order valence-electron chi connectivity index (χ0n) is 13.3. The third-order valence-corrected chi connectivity index (χ3v) is 5.04. The van der Waals surface area contributed by atoms with Crippen molar-refractivity contribution in [1.82, 2.24) is 10.2 Å². The molecule has 0 radical (unpaired) electrons. The Morgan fingerprint density at radius 1 is 1.20 bits per heavy atom. The molecular weight excluding hydrogens is 252 g/mol. The Morgan fingerprint density at radius 3 is 2.30 bits per heavy atom. The van der Waals surface area contributed by atoms with Crippen molar-refractivity contribution in [3.63, 3.8) is 0 Å². The second-order valence-corrected chi connectivity index (χ2v) is 6.68. The van der Waals surface area contributed by atoms with Gasteiger partial charge >= 0.3 is 5.97 Å². The molecule has 1 aliphatic carbocycles. The summed E-state index contributed by atoms with van der Waals surface area (Å²) >= 11 is 0. The van der Waals surface area contributed by atoms with Crippen molar-refractivity contribution in [2.75, 3.05) is 20.2 Å². The number of nitrogens with zero attached hydrogens (tertiary/aromatic N) is 1. The van der Waals surface area contributed by atoms with Crippen LogP contribution in [0.4, 0.5) is 0 Å². The fourth-order valence-corrected chi connectivity index (χ4v) is 3.66. The predicted octanol–water partition coefficient (Wildman–Crippen LogP) is 2.32. The molecule has 1 saturated carbocycles. The largest absolute Gasteiger partial charge is 0.468 e. The highest BCUT2D eigenvalue weighted by Gasteiger charge is 2.44. The smallest absolute Gasteiger partial charge is 0.326 e. The van der Waals surface area contributed by atoms with Gasteiger partial charge in [0, 0.05) is 25.2 Å². The SMILES string of the molecule is COC(=O)C1(NC2CCCCC2)CCN(C(C)C)CC1. The minimum atomic E-state index is -0.442. The van der Waals surface area contributed by atoms with Crippen LogP contribution in [0.25, 0.3) is 0 Å². The minimum absolute atomic E-state index is 0.0634. The minimum Gasteiger partial charge on any atom is -0.468 e. The number of nitrogens with one attached hydrogen (secondary N) is 1. The van der Waals surface area contributed by atoms with Crippen molar-refractivity contribution in [2.24, 2.45) is 0 Å². The van der Waals surface area contributed by atoms with Gasteiger partial charge in [0.25, 0.3) is 0 Å². The number of hydrogen-bond acceptors (Lipinski definition) is 4. The van der Waals surface area contributed by atoms with Gasteiger partial charge in [-0.1, -0.05) is 19.3 Å². The van der Waals surface area contributed by atoms with Crippen LogP contribution in [0.3, 0.4) is 0 Å². The molecule has 0 aromatic rings. The summed E-state index contributed by atoms with van der Waals surface area (Å²) in [4.78, 5) is 14.8. The van der Waals surface area contributed by atoms with Gasteiger partial charge in [-0.05, 0) is 39.5 Å². The van der Waals surface area contributed by atoms with Gasteiger partial charge in [-0.15, -0.1) is 0 Å². The fourth-order valence-electron chi connectivity index (χ4n) is 3.66. The molecule has 116 valence electrons. The van der Waals surface area contributed by atoms with Crippen molar-refractivity contribution < 1.29 is 9.53 Å². The number of esters is 1. The number of piperidine rings is 1. The van der Waals surface area contributed by atoms with Crippen LogP contribution in [0.1, 0.15) is 58.8 Å². The summed E-state index contributed by atoms with van der Waals surface area (Å²) in [5.74, 6) is -0.0634. The van der Waals surface area contributed by atoms with E-state index in [4.69, 9.17) is 4.74 Å². The monoisotopic (exact) mass is 282 g/mol. The second-order valence-electron chi connectivity index (χ2n) is 6.68. The van der Waals surface area contributed by atoms with Gasteiger partial charge in [0.2, 0.25) is 0 Å². The van der Waals surface area contributed by atoms with Crippen LogP contribution >= 0.6 is 0 Å². The third-order valence-electron chi connectivity index (χ3n) is 5.04. The Kier molecular flexibility index (Phi) is 5.44. The molecule has 2 aliphatic rings. The molecule has 0 bridgehead atoms. The molecule has 4 heteroatoms. The second kappa shape index (κ2) is 6.90. The molecule has 0 spiro atoms. The Balaban J connectivity index is 2.01. The first kappa shape index (κ1) is 15.8. The quantitative estimate of drug-likeness (QED) is 0.804. The molecule has 0 aromatic heterocycles. The molecule has 20 heavy (non-hydrogen) atoms. The number of hydrogen-bond donors (Lipinski definition) is 1. The molecule has 0 atom stereocenters. The lowest BCUT2D eigenvalue weighted by Gasteiger charge is -2.44. The maximum Gasteiger partial charge on any atom is 0.326 e. The van der Waals surface area contributed by atoms with Gasteiger partial charge in [-0.2, -0.15) is 0 Å². The number of ether oxygens (including phenoxy) is 1. The molecule has 4 nitrogen and oxygen atoms in total. The van der Waals surface area contributed by atoms with E-state index in [-0.39, 0.29) is 5.97 Å². The van der Waals surface area contributed by atoms with Crippen LogP contribution in [0.15, 0.2) is 0 Å². The first-order valence-corrected chi connectivity index (χ1v) is 8.17. The lowest BCUT2D eigenvalue weighted by molar-refractivity contribution is -0.151. The number of likely N-dealkylation sites (tertiary alicyclic amines) is 1. The first-order chi connectivity index (χ1) is 9.57. The first-order valence-electron chi connectivity index (χ1n) is 8.17. The zero-order valence-corrected chi connectivity index (χ0v) is 13.3. The molecule has 2 fully saturated rings. The molecule has 1 heterocycles. The highest BCUT2D eigenvalue weighted by molar-refractivity contribution is 5.81. The Labute approximate surface area is 123 Å². The van der Waals surface area contributed by atoms with E-state index >= 15 is 0 Å². The maximum absolute atomic E-state index is 12.3. The Bertz CT molecular complexity index is 316. The van der Waals surface area contributed by atoms with E-state index in [1.54, 1.807) is 0 Å². The highest BCUT2D eigenvalue weighted by Crippen LogP contribution is 2.28. The van der Waals surface area contributed by atoms with Gasteiger partial charge in [0.05, 0.1) is 7.11 Å². The van der Waals surface area contributed by atoms with Crippen molar-refractivity contribution >= 4 is 5.97 Å². The number of rotatable bonds is 4. The van der Waals surface area contributed by atoms with Crippen LogP contribution in [0, 0.1) is 0 Å². The van der Waals surface area contributed by atoms with Crippen LogP contribution in [-0.4, -0.2) is 48.7 Å². The summed E-state index contributed by atoms with van der Waals surface area (Å²) in [6.45, 7) is 6.40. The van der Waals surface area contributed by atoms with E-state index in [0.29, 0.717) is 12.1 Å². The normalized spacial score (nSPS) is 24.8. The maximum atomic E-state index is 12.3. The van der Waals surface area contributed by atoms with Crippen molar-refractivity contribution in [2.45, 2.75) is 76.4 Å². The molecule has 1 aliphatic heterocycles. The van der Waals surface area contributed by atoms with E-state index in [2.05, 4.69) is 24.1 Å². The zero-order chi connectivity index (χ0) is 14.6. The fraction of sp³-hybridized carbons (Fsp3) is 0.938. The van der Waals surface area contributed by atoms with E-state index in [9.17, 15) is 4.79 Å². The van der Waals surface area contributed by atoms with Crippen molar-refractivity contribution in [3.05, 3.63) is 0 Å². The van der Waals surface area contributed by atoms with Crippen LogP contribution < -0.4 is 5.32 Å². The molecule has 1 N–H and O–H groups in total. The van der Waals surface area contributed by atoms with Gasteiger partial charge in [-0.3, -0.25) is 10.1 Å². The lowest BCUT2D eigenvalue weighted by Crippen LogP contribution is -2.62. The summed E-state index contributed by atoms with van der Waals surface area (Å²) in [7, 11) is 1.52. The number of carbonyl (C=O) groups excluding carboxylic acids is 1. The lowest BCUT2D eigenvalue weighted by atomic mass is 9.84. The van der Waals surface area contributed by atoms with E-state index < -0.39 is 5.54 Å². The molecule has 0 aromatic carbocycles. The summed E-state index contributed by atoms with van der Waals surface area (Å²) in [6.07, 6.45) is 8.05. The molecule has 2 rings (SSSR count). The van der Waals surface area contributed by atoms with Crippen LogP contribution in [-0.2, 0) is 9.53 Å². The van der Waals surface area contributed by atoms with E-state index in [1.165, 1.54) is 39.2 Å². The molecule has 0 amide bonds. The summed E-state index contributed by atoms with van der Waals surface area (Å²) in [5, 5.41) is 3.68. The standard InChI is InChI=1S/C16H30N2O2/c1-13(2)18-11-9-16(10-12-18,15(19)20-3)17-14-7-5-4-6-8-14/h13-14,17H,4-12H2,1-3H3. The highest BCUT2D eigenvalue weighted by atomic mass is 16.5. The van der Waals surface area contributed by atoms with Gasteiger partial charge in [-0.25, -0.2) is 0 Å². The van der Waals surface area contributed by atoms with E-state index in [1.807, 2.05) is 0 Å². The van der Waals surface area contributed by atoms with Crippen molar-refractivity contribution in [3.8, 4) is 0 Å². The predicted molar refractivity (Wildman–Crippen MR) is 80.7 cm³/mol. The Morgan fingerprint density at radius 2 is 1.80 bits per heavy atom. The van der Waals surface area contributed by atoms with Gasteiger partial charge in [0.15, 0.2) is 0 Å². The van der Waals surface area contributed by atoms with Gasteiger partial charge in [0.1, 0.15) is 5.54 Å². The summed E-state index contributed by atoms with van der Waals surface area (Å²) < 4.78 is 5.11. The number of carbonyl (C=O) groups is 1. The van der Waals surface area contributed by atoms with Crippen LogP contribution in [0.2, 0.25) is 0 Å². The summed E-state index contributed by atoms with van der Waals surface area (Å²) in [6, 6.07) is 1.05. The Hall–Kier alpha value is -0.610. The molecule has 0 unspecified atom stereocenters. The average Bonchev–Trinajstić information content (AvgIpc) is 2.48. The third kappa shape index (κ3) is 3.53. The molecule has 1 saturated heterocycles. The average molecular weight is 282 g/mol. The van der Waals surface area contributed by atoms with Crippen molar-refractivity contribution in [1.29, 1.82) is 0 Å². The number of methoxy groups -OCH3 is 1. The topological polar surface area (TPSA) is 41.6 Å².